The number of aromatic nitrogens is 1. The van der Waals surface area contributed by atoms with E-state index in [2.05, 4.69) is 58.7 Å². The highest BCUT2D eigenvalue weighted by atomic mass is 35.5. The van der Waals surface area contributed by atoms with E-state index in [1.54, 1.807) is 0 Å². The van der Waals surface area contributed by atoms with Crippen molar-refractivity contribution in [3.8, 4) is 5.75 Å². The molecule has 1 aromatic heterocycles. The number of ether oxygens (including phenoxy) is 1. The molecule has 4 nitrogen and oxygen atoms in total. The third-order valence-corrected chi connectivity index (χ3v) is 5.73. The van der Waals surface area contributed by atoms with E-state index in [9.17, 15) is 0 Å². The van der Waals surface area contributed by atoms with E-state index >= 15 is 0 Å². The van der Waals surface area contributed by atoms with E-state index in [4.69, 9.17) is 32.9 Å². The number of nitrogens with zero attached hydrogens (tertiary/aromatic N) is 2. The zero-order valence-corrected chi connectivity index (χ0v) is 24.3. The monoisotopic (exact) mass is 611 g/mol. The molecule has 1 N–H and O–H groups in total. The summed E-state index contributed by atoms with van der Waals surface area (Å²) in [5.41, 5.74) is 4.25. The van der Waals surface area contributed by atoms with Gasteiger partial charge in [-0.15, -0.1) is 72.8 Å². The van der Waals surface area contributed by atoms with Crippen LogP contribution in [0.5, 0.6) is 5.75 Å². The molecule has 198 valence electrons. The van der Waals surface area contributed by atoms with Crippen LogP contribution in [0.25, 0.3) is 21.8 Å². The van der Waals surface area contributed by atoms with Crippen molar-refractivity contribution in [3.63, 3.8) is 0 Å². The number of hydrogen-bond donors (Lipinski definition) is 1. The molecule has 0 radical (unpaired) electrons. The first-order chi connectivity index (χ1) is 15.8. The third-order valence-electron chi connectivity index (χ3n) is 5.39. The van der Waals surface area contributed by atoms with Crippen LogP contribution in [-0.2, 0) is 0 Å². The van der Waals surface area contributed by atoms with E-state index in [1.807, 2.05) is 24.3 Å². The smallest absolute Gasteiger partial charge is 0.119 e. The molecular weight excluding hydrogens is 583 g/mol. The number of halogens is 6. The Morgan fingerprint density at radius 1 is 0.722 bits per heavy atom. The van der Waals surface area contributed by atoms with Gasteiger partial charge in [-0.2, -0.15) is 0 Å². The van der Waals surface area contributed by atoms with Crippen molar-refractivity contribution in [1.29, 1.82) is 0 Å². The van der Waals surface area contributed by atoms with Gasteiger partial charge in [0, 0.05) is 47.9 Å². The molecule has 0 aliphatic carbocycles. The quantitative estimate of drug-likeness (QED) is 0.105. The van der Waals surface area contributed by atoms with Crippen LogP contribution in [0, 0.1) is 0 Å². The summed E-state index contributed by atoms with van der Waals surface area (Å²) in [7, 11) is 0. The van der Waals surface area contributed by atoms with Gasteiger partial charge in [0.2, 0.25) is 0 Å². The molecule has 1 heterocycles. The van der Waals surface area contributed by atoms with Crippen molar-refractivity contribution in [1.82, 2.24) is 4.98 Å². The molecule has 36 heavy (non-hydrogen) atoms. The van der Waals surface area contributed by atoms with Crippen LogP contribution in [-0.4, -0.2) is 43.0 Å². The third kappa shape index (κ3) is 8.79. The maximum atomic E-state index is 5.95. The summed E-state index contributed by atoms with van der Waals surface area (Å²) < 4.78 is 5.95. The van der Waals surface area contributed by atoms with Gasteiger partial charge in [0.25, 0.3) is 0 Å². The van der Waals surface area contributed by atoms with Crippen LogP contribution in [0.15, 0.2) is 72.8 Å². The minimum Gasteiger partial charge on any atom is -0.494 e. The Morgan fingerprint density at radius 3 is 1.78 bits per heavy atom. The summed E-state index contributed by atoms with van der Waals surface area (Å²) in [6.45, 7) is 3.01. The number of fused-ring (bicyclic) bond motifs is 2. The summed E-state index contributed by atoms with van der Waals surface area (Å²) in [6.07, 6.45) is 0.886. The lowest BCUT2D eigenvalue weighted by Gasteiger charge is -2.23. The Morgan fingerprint density at radius 2 is 1.25 bits per heavy atom. The first-order valence-corrected chi connectivity index (χ1v) is 12.0. The van der Waals surface area contributed by atoms with Gasteiger partial charge in [-0.3, -0.25) is 0 Å². The minimum absolute atomic E-state index is 0. The number of alkyl halides is 2. The number of hydrogen-bond acceptors (Lipinski definition) is 4. The SMILES string of the molecule is Cl.Cl.Cl.Cl.ClCCN(CCCl)c1ccc(OCCCNc2c3ccccc3nc3ccccc23)cc1. The van der Waals surface area contributed by atoms with Crippen molar-refractivity contribution in [2.45, 2.75) is 6.42 Å². The maximum Gasteiger partial charge on any atom is 0.119 e. The van der Waals surface area contributed by atoms with Crippen molar-refractivity contribution in [2.24, 2.45) is 0 Å². The number of pyridine rings is 1. The fraction of sp³-hybridized carbons (Fsp3) is 0.269. The van der Waals surface area contributed by atoms with Gasteiger partial charge in [0.1, 0.15) is 5.75 Å². The molecule has 0 aliphatic rings. The van der Waals surface area contributed by atoms with Crippen molar-refractivity contribution >= 4 is 106 Å². The molecule has 0 fully saturated rings. The highest BCUT2D eigenvalue weighted by Gasteiger charge is 2.08. The van der Waals surface area contributed by atoms with Crippen LogP contribution in [0.4, 0.5) is 11.4 Å². The lowest BCUT2D eigenvalue weighted by Crippen LogP contribution is -2.27. The van der Waals surface area contributed by atoms with Gasteiger partial charge < -0.3 is 15.0 Å². The fourth-order valence-electron chi connectivity index (χ4n) is 3.83. The zero-order chi connectivity index (χ0) is 22.2. The Kier molecular flexibility index (Phi) is 17.1. The summed E-state index contributed by atoms with van der Waals surface area (Å²) in [5.74, 6) is 2.01. The van der Waals surface area contributed by atoms with E-state index in [0.29, 0.717) is 18.4 Å². The molecular formula is C26H31Cl6N3O. The lowest BCUT2D eigenvalue weighted by atomic mass is 10.1. The van der Waals surface area contributed by atoms with Crippen LogP contribution in [0.1, 0.15) is 6.42 Å². The number of nitrogens with one attached hydrogen (secondary N) is 1. The van der Waals surface area contributed by atoms with Crippen LogP contribution in [0.2, 0.25) is 0 Å². The van der Waals surface area contributed by atoms with Gasteiger partial charge >= 0.3 is 0 Å². The molecule has 0 saturated heterocycles. The topological polar surface area (TPSA) is 37.4 Å². The molecule has 0 amide bonds. The summed E-state index contributed by atoms with van der Waals surface area (Å²) in [6, 6.07) is 24.6. The summed E-state index contributed by atoms with van der Waals surface area (Å²) >= 11 is 11.8. The number of para-hydroxylation sites is 2. The Labute approximate surface area is 247 Å². The molecule has 0 spiro atoms. The first kappa shape index (κ1) is 34.5. The predicted molar refractivity (Wildman–Crippen MR) is 167 cm³/mol. The van der Waals surface area contributed by atoms with E-state index < -0.39 is 0 Å². The van der Waals surface area contributed by atoms with Crippen molar-refractivity contribution < 1.29 is 4.74 Å². The van der Waals surface area contributed by atoms with Crippen molar-refractivity contribution in [2.75, 3.05) is 48.2 Å². The second-order valence-electron chi connectivity index (χ2n) is 7.51. The largest absolute Gasteiger partial charge is 0.494 e. The van der Waals surface area contributed by atoms with Gasteiger partial charge in [-0.05, 0) is 42.8 Å². The molecule has 0 bridgehead atoms. The predicted octanol–water partition coefficient (Wildman–Crippen LogP) is 8.24. The average Bonchev–Trinajstić information content (AvgIpc) is 2.83. The molecule has 3 aromatic carbocycles. The first-order valence-electron chi connectivity index (χ1n) is 10.9. The highest BCUT2D eigenvalue weighted by Crippen LogP contribution is 2.30. The van der Waals surface area contributed by atoms with Gasteiger partial charge in [0.15, 0.2) is 0 Å². The van der Waals surface area contributed by atoms with Crippen LogP contribution >= 0.6 is 72.8 Å². The Bertz CT molecular complexity index is 1100. The standard InChI is InChI=1S/C26H27Cl2N3O.4ClH/c27-14-17-31(18-15-28)20-10-12-21(13-11-20)32-19-5-16-29-26-22-6-1-3-8-24(22)30-25-9-4-2-7-23(25)26;;;;/h1-4,6-13H,5,14-19H2,(H,29,30);4*1H. The lowest BCUT2D eigenvalue weighted by molar-refractivity contribution is 0.315. The molecule has 4 rings (SSSR count). The average molecular weight is 614 g/mol. The van der Waals surface area contributed by atoms with Gasteiger partial charge in [-0.1, -0.05) is 36.4 Å². The molecule has 10 heteroatoms. The van der Waals surface area contributed by atoms with E-state index in [0.717, 1.165) is 65.0 Å². The van der Waals surface area contributed by atoms with Crippen molar-refractivity contribution in [3.05, 3.63) is 72.8 Å². The zero-order valence-electron chi connectivity index (χ0n) is 19.6. The Hall–Kier alpha value is -1.53. The molecule has 4 aromatic rings. The molecule has 0 atom stereocenters. The molecule has 0 aliphatic heterocycles. The van der Waals surface area contributed by atoms with E-state index in [1.165, 1.54) is 0 Å². The number of benzene rings is 3. The fourth-order valence-corrected chi connectivity index (χ4v) is 4.24. The molecule has 0 unspecified atom stereocenters. The summed E-state index contributed by atoms with van der Waals surface area (Å²) in [5, 5.41) is 5.90. The van der Waals surface area contributed by atoms with Gasteiger partial charge in [0.05, 0.1) is 23.3 Å². The normalized spacial score (nSPS) is 9.83. The minimum atomic E-state index is 0. The second-order valence-corrected chi connectivity index (χ2v) is 8.26. The van der Waals surface area contributed by atoms with Gasteiger partial charge in [-0.25, -0.2) is 4.98 Å². The van der Waals surface area contributed by atoms with E-state index in [-0.39, 0.29) is 49.6 Å². The molecule has 0 saturated carbocycles. The summed E-state index contributed by atoms with van der Waals surface area (Å²) in [4.78, 5) is 6.96. The number of anilines is 2. The van der Waals surface area contributed by atoms with Crippen LogP contribution < -0.4 is 15.0 Å². The highest BCUT2D eigenvalue weighted by molar-refractivity contribution is 6.18. The second kappa shape index (κ2) is 17.8. The maximum absolute atomic E-state index is 5.95. The Balaban J connectivity index is 0.00000306. The number of rotatable bonds is 11. The van der Waals surface area contributed by atoms with Crippen LogP contribution in [0.3, 0.4) is 0 Å².